The molecule has 0 aromatic carbocycles. The second kappa shape index (κ2) is 27.7. The second-order valence-corrected chi connectivity index (χ2v) is 11.5. The molecule has 0 heterocycles. The van der Waals surface area contributed by atoms with Crippen molar-refractivity contribution in [3.05, 3.63) is 0 Å². The van der Waals surface area contributed by atoms with Crippen LogP contribution in [0.3, 0.4) is 0 Å². The van der Waals surface area contributed by atoms with E-state index in [1.165, 1.54) is 89.9 Å². The quantitative estimate of drug-likeness (QED) is 0.0956. The first-order valence-corrected chi connectivity index (χ1v) is 16.1. The van der Waals surface area contributed by atoms with Gasteiger partial charge in [0.2, 0.25) is 0 Å². The maximum Gasteiger partial charge on any atom is 0.409 e. The fraction of sp³-hybridized carbons (Fsp3) is 0.969. The second-order valence-electron chi connectivity index (χ2n) is 11.5. The van der Waals surface area contributed by atoms with E-state index in [2.05, 4.69) is 6.92 Å². The molecule has 38 heavy (non-hydrogen) atoms. The maximum absolute atomic E-state index is 12.4. The third-order valence-electron chi connectivity index (χ3n) is 7.45. The van der Waals surface area contributed by atoms with Gasteiger partial charge in [0.15, 0.2) is 0 Å². The molecule has 6 nitrogen and oxygen atoms in total. The van der Waals surface area contributed by atoms with Crippen molar-refractivity contribution in [3.63, 3.8) is 0 Å². The summed E-state index contributed by atoms with van der Waals surface area (Å²) >= 11 is 0. The molecule has 0 aliphatic heterocycles. The number of ether oxygens (including phenoxy) is 3. The van der Waals surface area contributed by atoms with Gasteiger partial charge in [0.05, 0.1) is 19.8 Å². The number of hydrogen-bond acceptors (Lipinski definition) is 5. The van der Waals surface area contributed by atoms with Crippen molar-refractivity contribution in [2.75, 3.05) is 47.1 Å². The van der Waals surface area contributed by atoms with E-state index in [4.69, 9.17) is 19.3 Å². The Balaban J connectivity index is 3.62. The van der Waals surface area contributed by atoms with Gasteiger partial charge in [-0.05, 0) is 26.2 Å². The molecule has 0 saturated carbocycles. The molecular formula is C32H65NO5. The van der Waals surface area contributed by atoms with Crippen LogP contribution in [-0.4, -0.2) is 68.8 Å². The summed E-state index contributed by atoms with van der Waals surface area (Å²) in [5, 5.41) is 8.82. The fourth-order valence-electron chi connectivity index (χ4n) is 4.79. The molecule has 1 N–H and O–H groups in total. The van der Waals surface area contributed by atoms with Gasteiger partial charge in [-0.15, -0.1) is 0 Å². The Bertz CT molecular complexity index is 504. The van der Waals surface area contributed by atoms with E-state index in [-0.39, 0.29) is 12.7 Å². The normalized spacial score (nSPS) is 13.0. The van der Waals surface area contributed by atoms with Gasteiger partial charge in [-0.1, -0.05) is 122 Å². The summed E-state index contributed by atoms with van der Waals surface area (Å²) in [6, 6.07) is 0. The number of carbonyl (C=O) groups excluding carboxylic acids is 1. The summed E-state index contributed by atoms with van der Waals surface area (Å²) < 4.78 is 17.0. The molecule has 228 valence electrons. The Morgan fingerprint density at radius 1 is 0.684 bits per heavy atom. The zero-order valence-electron chi connectivity index (χ0n) is 25.9. The minimum absolute atomic E-state index is 0.276. The number of rotatable bonds is 29. The highest BCUT2D eigenvalue weighted by Gasteiger charge is 2.28. The highest BCUT2D eigenvalue weighted by molar-refractivity contribution is 5.67. The van der Waals surface area contributed by atoms with Crippen LogP contribution in [0.4, 0.5) is 4.79 Å². The van der Waals surface area contributed by atoms with Crippen molar-refractivity contribution in [1.82, 2.24) is 4.90 Å². The number of aliphatic hydroxyl groups is 1. The highest BCUT2D eigenvalue weighted by atomic mass is 16.6. The van der Waals surface area contributed by atoms with Crippen LogP contribution in [0.15, 0.2) is 0 Å². The minimum Gasteiger partial charge on any atom is -0.449 e. The van der Waals surface area contributed by atoms with Crippen molar-refractivity contribution in [2.24, 2.45) is 0 Å². The first-order chi connectivity index (χ1) is 18.5. The summed E-state index contributed by atoms with van der Waals surface area (Å²) in [5.74, 6) is 0. The van der Waals surface area contributed by atoms with Crippen LogP contribution in [0.2, 0.25) is 0 Å². The van der Waals surface area contributed by atoms with Crippen LogP contribution in [0.5, 0.6) is 0 Å². The van der Waals surface area contributed by atoms with Crippen molar-refractivity contribution < 1.29 is 24.1 Å². The number of likely N-dealkylation sites (N-methyl/N-ethyl adjacent to an activating group) is 1. The van der Waals surface area contributed by atoms with E-state index in [0.29, 0.717) is 26.4 Å². The smallest absolute Gasteiger partial charge is 0.409 e. The number of hydrogen-bond donors (Lipinski definition) is 1. The number of carbonyl (C=O) groups is 1. The lowest BCUT2D eigenvalue weighted by Crippen LogP contribution is -2.46. The van der Waals surface area contributed by atoms with Crippen LogP contribution in [0.25, 0.3) is 0 Å². The standard InChI is InChI=1S/C32H65NO5/c1-5-6-7-8-9-10-11-12-13-14-15-16-17-18-22-25-28-38-31(35)33(3)29-32(2,36-4)30-37-27-24-21-19-20-23-26-34/h34H,5-30H2,1-4H3. The largest absolute Gasteiger partial charge is 0.449 e. The van der Waals surface area contributed by atoms with Crippen LogP contribution < -0.4 is 0 Å². The van der Waals surface area contributed by atoms with Gasteiger partial charge in [-0.2, -0.15) is 0 Å². The molecule has 0 saturated heterocycles. The summed E-state index contributed by atoms with van der Waals surface area (Å²) in [6.07, 6.45) is 26.2. The van der Waals surface area contributed by atoms with E-state index in [1.54, 1.807) is 19.1 Å². The van der Waals surface area contributed by atoms with Crippen molar-refractivity contribution in [1.29, 1.82) is 0 Å². The van der Waals surface area contributed by atoms with Gasteiger partial charge in [-0.25, -0.2) is 4.79 Å². The van der Waals surface area contributed by atoms with Gasteiger partial charge in [0.1, 0.15) is 5.60 Å². The summed E-state index contributed by atoms with van der Waals surface area (Å²) in [7, 11) is 3.42. The summed E-state index contributed by atoms with van der Waals surface area (Å²) in [5.41, 5.74) is -0.557. The molecule has 1 atom stereocenters. The van der Waals surface area contributed by atoms with E-state index >= 15 is 0 Å². The Labute approximate surface area is 236 Å². The van der Waals surface area contributed by atoms with Crippen molar-refractivity contribution in [3.8, 4) is 0 Å². The predicted octanol–water partition coefficient (Wildman–Crippen LogP) is 8.68. The van der Waals surface area contributed by atoms with Crippen LogP contribution in [-0.2, 0) is 14.2 Å². The number of aliphatic hydroxyl groups excluding tert-OH is 1. The van der Waals surface area contributed by atoms with Crippen LogP contribution >= 0.6 is 0 Å². The van der Waals surface area contributed by atoms with Gasteiger partial charge in [-0.3, -0.25) is 0 Å². The van der Waals surface area contributed by atoms with E-state index in [0.717, 1.165) is 44.9 Å². The Hall–Kier alpha value is -0.850. The molecule has 0 bridgehead atoms. The van der Waals surface area contributed by atoms with E-state index in [9.17, 15) is 4.79 Å². The number of unbranched alkanes of at least 4 members (excludes halogenated alkanes) is 19. The number of amides is 1. The molecule has 6 heteroatoms. The Morgan fingerprint density at radius 2 is 1.11 bits per heavy atom. The Morgan fingerprint density at radius 3 is 1.55 bits per heavy atom. The molecule has 0 spiro atoms. The number of nitrogens with zero attached hydrogens (tertiary/aromatic N) is 1. The zero-order chi connectivity index (χ0) is 28.2. The van der Waals surface area contributed by atoms with Crippen molar-refractivity contribution in [2.45, 2.75) is 154 Å². The predicted molar refractivity (Wildman–Crippen MR) is 160 cm³/mol. The third-order valence-corrected chi connectivity index (χ3v) is 7.45. The first-order valence-electron chi connectivity index (χ1n) is 16.1. The van der Waals surface area contributed by atoms with Gasteiger partial charge in [0, 0.05) is 27.4 Å². The molecule has 1 unspecified atom stereocenters. The molecule has 0 radical (unpaired) electrons. The molecule has 0 fully saturated rings. The monoisotopic (exact) mass is 543 g/mol. The fourth-order valence-corrected chi connectivity index (χ4v) is 4.79. The number of methoxy groups -OCH3 is 1. The van der Waals surface area contributed by atoms with Gasteiger partial charge >= 0.3 is 6.09 Å². The van der Waals surface area contributed by atoms with Crippen LogP contribution in [0, 0.1) is 0 Å². The molecular weight excluding hydrogens is 478 g/mol. The molecule has 0 aromatic heterocycles. The lowest BCUT2D eigenvalue weighted by atomic mass is 10.0. The minimum atomic E-state index is -0.557. The van der Waals surface area contributed by atoms with Crippen LogP contribution in [0.1, 0.15) is 149 Å². The Kier molecular flexibility index (Phi) is 27.1. The average Bonchev–Trinajstić information content (AvgIpc) is 2.91. The summed E-state index contributed by atoms with van der Waals surface area (Å²) in [6.45, 7) is 6.56. The maximum atomic E-state index is 12.4. The first kappa shape index (κ1) is 37.1. The molecule has 0 aliphatic carbocycles. The van der Waals surface area contributed by atoms with Gasteiger partial charge < -0.3 is 24.2 Å². The summed E-state index contributed by atoms with van der Waals surface area (Å²) in [4.78, 5) is 14.0. The molecule has 0 rings (SSSR count). The topological polar surface area (TPSA) is 68.2 Å². The molecule has 0 aliphatic rings. The van der Waals surface area contributed by atoms with E-state index < -0.39 is 5.60 Å². The average molecular weight is 544 g/mol. The zero-order valence-corrected chi connectivity index (χ0v) is 25.9. The lowest BCUT2D eigenvalue weighted by molar-refractivity contribution is -0.0756. The molecule has 1 amide bonds. The lowest BCUT2D eigenvalue weighted by Gasteiger charge is -2.32. The van der Waals surface area contributed by atoms with Gasteiger partial charge in [0.25, 0.3) is 0 Å². The molecule has 0 aromatic rings. The van der Waals surface area contributed by atoms with E-state index in [1.807, 2.05) is 6.92 Å². The highest BCUT2D eigenvalue weighted by Crippen LogP contribution is 2.15. The third kappa shape index (κ3) is 24.2. The SMILES string of the molecule is CCCCCCCCCCCCCCCCCCOC(=O)N(C)CC(C)(COCCCCCCCO)OC. The van der Waals surface area contributed by atoms with Crippen molar-refractivity contribution >= 4 is 6.09 Å².